The minimum absolute atomic E-state index is 0.0821. The predicted molar refractivity (Wildman–Crippen MR) is 104 cm³/mol. The van der Waals surface area contributed by atoms with Crippen LogP contribution in [-0.2, 0) is 11.2 Å². The van der Waals surface area contributed by atoms with Gasteiger partial charge in [-0.05, 0) is 43.2 Å². The molecule has 2 aromatic carbocycles. The molecule has 0 radical (unpaired) electrons. The fourth-order valence-corrected chi connectivity index (χ4v) is 4.23. The van der Waals surface area contributed by atoms with E-state index in [2.05, 4.69) is 4.98 Å². The highest BCUT2D eigenvalue weighted by Crippen LogP contribution is 2.34. The van der Waals surface area contributed by atoms with Gasteiger partial charge in [-0.25, -0.2) is 13.8 Å². The van der Waals surface area contributed by atoms with Gasteiger partial charge in [-0.2, -0.15) is 0 Å². The Morgan fingerprint density at radius 1 is 1.21 bits per heavy atom. The van der Waals surface area contributed by atoms with Crippen LogP contribution >= 0.6 is 11.3 Å². The Morgan fingerprint density at radius 2 is 2.04 bits per heavy atom. The lowest BCUT2D eigenvalue weighted by atomic mass is 10.0. The number of halogens is 2. The zero-order valence-corrected chi connectivity index (χ0v) is 15.8. The summed E-state index contributed by atoms with van der Waals surface area (Å²) in [6.45, 7) is 0.454. The van der Waals surface area contributed by atoms with E-state index in [0.717, 1.165) is 0 Å². The summed E-state index contributed by atoms with van der Waals surface area (Å²) >= 11 is 1.35. The molecule has 144 valence electrons. The average molecular weight is 400 g/mol. The first-order chi connectivity index (χ1) is 13.5. The summed E-state index contributed by atoms with van der Waals surface area (Å²) < 4.78 is 27.0. The van der Waals surface area contributed by atoms with Crippen molar-refractivity contribution in [1.29, 1.82) is 0 Å². The zero-order valence-electron chi connectivity index (χ0n) is 14.9. The number of fused-ring (bicyclic) bond motifs is 1. The van der Waals surface area contributed by atoms with Crippen LogP contribution in [0.3, 0.4) is 0 Å². The predicted octanol–water partition coefficient (Wildman–Crippen LogP) is 4.49. The van der Waals surface area contributed by atoms with Crippen molar-refractivity contribution in [3.05, 3.63) is 70.7 Å². The molecule has 0 bridgehead atoms. The van der Waals surface area contributed by atoms with Gasteiger partial charge in [0.2, 0.25) is 5.91 Å². The Kier molecular flexibility index (Phi) is 5.19. The SMILES string of the molecule is O=C(Cc1csc(-c2cccc(F)c2)n1)N1CCCC(O)c2cc(F)ccc21. The molecule has 1 aromatic heterocycles. The summed E-state index contributed by atoms with van der Waals surface area (Å²) in [6, 6.07) is 10.3. The number of hydrogen-bond acceptors (Lipinski definition) is 4. The molecule has 4 nitrogen and oxygen atoms in total. The number of amides is 1. The molecule has 0 fully saturated rings. The lowest BCUT2D eigenvalue weighted by Gasteiger charge is -2.23. The molecule has 28 heavy (non-hydrogen) atoms. The van der Waals surface area contributed by atoms with Crippen LogP contribution in [0.2, 0.25) is 0 Å². The van der Waals surface area contributed by atoms with Gasteiger partial charge in [-0.15, -0.1) is 11.3 Å². The fourth-order valence-electron chi connectivity index (χ4n) is 3.41. The molecule has 1 aliphatic heterocycles. The fraction of sp³-hybridized carbons (Fsp3) is 0.238. The minimum atomic E-state index is -0.789. The van der Waals surface area contributed by atoms with Crippen LogP contribution < -0.4 is 4.90 Å². The van der Waals surface area contributed by atoms with Crippen LogP contribution in [0.4, 0.5) is 14.5 Å². The number of anilines is 1. The highest BCUT2D eigenvalue weighted by Gasteiger charge is 2.26. The Labute approximate surface area is 165 Å². The van der Waals surface area contributed by atoms with Crippen molar-refractivity contribution >= 4 is 22.9 Å². The molecule has 0 saturated carbocycles. The van der Waals surface area contributed by atoms with E-state index < -0.39 is 11.9 Å². The van der Waals surface area contributed by atoms with E-state index >= 15 is 0 Å². The smallest absolute Gasteiger partial charge is 0.233 e. The van der Waals surface area contributed by atoms with Crippen LogP contribution in [0, 0.1) is 11.6 Å². The van der Waals surface area contributed by atoms with Gasteiger partial charge < -0.3 is 10.0 Å². The lowest BCUT2D eigenvalue weighted by Crippen LogP contribution is -2.33. The molecule has 4 rings (SSSR count). The third-order valence-electron chi connectivity index (χ3n) is 4.76. The summed E-state index contributed by atoms with van der Waals surface area (Å²) in [5, 5.41) is 12.7. The molecule has 2 heterocycles. The highest BCUT2D eigenvalue weighted by atomic mass is 32.1. The second-order valence-electron chi connectivity index (χ2n) is 6.74. The molecule has 7 heteroatoms. The number of aromatic nitrogens is 1. The molecule has 1 unspecified atom stereocenters. The molecule has 3 aromatic rings. The van der Waals surface area contributed by atoms with E-state index in [0.29, 0.717) is 46.9 Å². The van der Waals surface area contributed by atoms with Gasteiger partial charge in [-0.3, -0.25) is 4.79 Å². The maximum absolute atomic E-state index is 13.6. The first kappa shape index (κ1) is 18.7. The van der Waals surface area contributed by atoms with Gasteiger partial charge in [0.25, 0.3) is 0 Å². The van der Waals surface area contributed by atoms with Gasteiger partial charge in [-0.1, -0.05) is 12.1 Å². The van der Waals surface area contributed by atoms with Crippen molar-refractivity contribution in [3.8, 4) is 10.6 Å². The molecular weight excluding hydrogens is 382 g/mol. The van der Waals surface area contributed by atoms with E-state index in [4.69, 9.17) is 0 Å². The van der Waals surface area contributed by atoms with Crippen molar-refractivity contribution < 1.29 is 18.7 Å². The van der Waals surface area contributed by atoms with Crippen molar-refractivity contribution in [2.24, 2.45) is 0 Å². The first-order valence-corrected chi connectivity index (χ1v) is 9.87. The number of nitrogens with zero attached hydrogens (tertiary/aromatic N) is 2. The van der Waals surface area contributed by atoms with Crippen LogP contribution in [0.1, 0.15) is 30.2 Å². The number of thiazole rings is 1. The second-order valence-corrected chi connectivity index (χ2v) is 7.60. The molecular formula is C21H18F2N2O2S. The Bertz CT molecular complexity index is 1020. The normalized spacial score (nSPS) is 16.5. The maximum Gasteiger partial charge on any atom is 0.233 e. The van der Waals surface area contributed by atoms with E-state index in [1.54, 1.807) is 22.4 Å². The number of aliphatic hydroxyl groups is 1. The minimum Gasteiger partial charge on any atom is -0.388 e. The molecule has 0 saturated heterocycles. The number of hydrogen-bond donors (Lipinski definition) is 1. The molecule has 0 spiro atoms. The number of carbonyl (C=O) groups excluding carboxylic acids is 1. The van der Waals surface area contributed by atoms with Crippen LogP contribution in [0.25, 0.3) is 10.6 Å². The third-order valence-corrected chi connectivity index (χ3v) is 5.70. The van der Waals surface area contributed by atoms with Gasteiger partial charge in [0.15, 0.2) is 0 Å². The van der Waals surface area contributed by atoms with Crippen LogP contribution in [0.15, 0.2) is 47.8 Å². The van der Waals surface area contributed by atoms with Crippen molar-refractivity contribution in [1.82, 2.24) is 4.98 Å². The van der Waals surface area contributed by atoms with Crippen molar-refractivity contribution in [2.45, 2.75) is 25.4 Å². The zero-order chi connectivity index (χ0) is 19.7. The van der Waals surface area contributed by atoms with E-state index in [9.17, 15) is 18.7 Å². The topological polar surface area (TPSA) is 53.4 Å². The monoisotopic (exact) mass is 400 g/mol. The summed E-state index contributed by atoms with van der Waals surface area (Å²) in [5.41, 5.74) is 2.24. The molecule has 1 atom stereocenters. The number of benzene rings is 2. The van der Waals surface area contributed by atoms with E-state index in [1.807, 2.05) is 0 Å². The molecule has 1 N–H and O–H groups in total. The number of carbonyl (C=O) groups is 1. The van der Waals surface area contributed by atoms with E-state index in [1.165, 1.54) is 41.7 Å². The summed E-state index contributed by atoms with van der Waals surface area (Å²) in [5.74, 6) is -0.943. The van der Waals surface area contributed by atoms with E-state index in [-0.39, 0.29) is 18.1 Å². The van der Waals surface area contributed by atoms with Crippen LogP contribution in [0.5, 0.6) is 0 Å². The standard InChI is InChI=1S/C21H18F2N2O2S/c22-14-4-1-3-13(9-14)21-24-16(12-28-21)11-20(27)25-8-2-5-19(26)17-10-15(23)6-7-18(17)25/h1,3-4,6-7,9-10,12,19,26H,2,5,8,11H2. The number of aliphatic hydroxyl groups excluding tert-OH is 1. The Balaban J connectivity index is 1.57. The van der Waals surface area contributed by atoms with Crippen molar-refractivity contribution in [2.75, 3.05) is 11.4 Å². The highest BCUT2D eigenvalue weighted by molar-refractivity contribution is 7.13. The lowest BCUT2D eigenvalue weighted by molar-refractivity contribution is -0.118. The Morgan fingerprint density at radius 3 is 2.86 bits per heavy atom. The van der Waals surface area contributed by atoms with Crippen molar-refractivity contribution in [3.63, 3.8) is 0 Å². The second kappa shape index (κ2) is 7.77. The molecule has 1 aliphatic rings. The van der Waals surface area contributed by atoms with Gasteiger partial charge >= 0.3 is 0 Å². The van der Waals surface area contributed by atoms with Gasteiger partial charge in [0.1, 0.15) is 16.6 Å². The summed E-state index contributed by atoms with van der Waals surface area (Å²) in [4.78, 5) is 19.0. The quantitative estimate of drug-likeness (QED) is 0.705. The summed E-state index contributed by atoms with van der Waals surface area (Å²) in [6.07, 6.45) is 0.385. The average Bonchev–Trinajstić information content (AvgIpc) is 3.07. The van der Waals surface area contributed by atoms with Crippen LogP contribution in [-0.4, -0.2) is 22.5 Å². The van der Waals surface area contributed by atoms with Gasteiger partial charge in [0.05, 0.1) is 18.2 Å². The Hall–Kier alpha value is -2.64. The maximum atomic E-state index is 13.6. The largest absolute Gasteiger partial charge is 0.388 e. The first-order valence-electron chi connectivity index (χ1n) is 8.99. The third kappa shape index (κ3) is 3.81. The summed E-state index contributed by atoms with van der Waals surface area (Å²) in [7, 11) is 0. The molecule has 1 amide bonds. The van der Waals surface area contributed by atoms with Gasteiger partial charge in [0, 0.05) is 28.7 Å². The molecule has 0 aliphatic carbocycles. The number of rotatable bonds is 3.